The fourth-order valence-electron chi connectivity index (χ4n) is 6.15. The molecule has 0 saturated carbocycles. The van der Waals surface area contributed by atoms with E-state index in [1.54, 1.807) is 24.7 Å². The second kappa shape index (κ2) is 11.1. The van der Waals surface area contributed by atoms with Crippen LogP contribution < -0.4 is 15.0 Å². The average Bonchev–Trinajstić information content (AvgIpc) is 3.42. The molecule has 3 heterocycles. The van der Waals surface area contributed by atoms with E-state index in [9.17, 15) is 4.39 Å². The van der Waals surface area contributed by atoms with Crippen LogP contribution in [0.5, 0.6) is 5.75 Å². The predicted molar refractivity (Wildman–Crippen MR) is 156 cm³/mol. The van der Waals surface area contributed by atoms with Crippen molar-refractivity contribution in [3.05, 3.63) is 102 Å². The Morgan fingerprint density at radius 3 is 2.68 bits per heavy atom. The zero-order chi connectivity index (χ0) is 28.5. The molecule has 2 aromatic carbocycles. The number of rotatable bonds is 8. The molecule has 1 aliphatic carbocycles. The molecule has 0 radical (unpaired) electrons. The van der Waals surface area contributed by atoms with E-state index in [1.807, 2.05) is 54.6 Å². The van der Waals surface area contributed by atoms with Crippen LogP contribution in [-0.4, -0.2) is 46.9 Å². The molecule has 0 bridgehead atoms. The molecule has 2 unspecified atom stereocenters. The van der Waals surface area contributed by atoms with Gasteiger partial charge in [0.2, 0.25) is 0 Å². The molecule has 8 heteroatoms. The average molecular weight is 552 g/mol. The molecule has 1 N–H and O–H groups in total. The second-order valence-electron chi connectivity index (χ2n) is 11.5. The molecule has 0 amide bonds. The topological polar surface area (TPSA) is 83.3 Å². The van der Waals surface area contributed by atoms with Gasteiger partial charge < -0.3 is 19.7 Å². The van der Waals surface area contributed by atoms with Crippen molar-refractivity contribution in [3.8, 4) is 11.8 Å². The van der Waals surface area contributed by atoms with E-state index < -0.39 is 5.60 Å². The van der Waals surface area contributed by atoms with Gasteiger partial charge in [0.25, 0.3) is 0 Å². The minimum atomic E-state index is -0.775. The SMILES string of the molecule is CC(C)C1(Oc2cncnc2N2CC3(CC(NCc4ccc(C#N)cc4)CO3)C2)CC=C(F)C=C1c1ccccc1. The normalized spacial score (nSPS) is 23.1. The zero-order valence-corrected chi connectivity index (χ0v) is 23.4. The summed E-state index contributed by atoms with van der Waals surface area (Å²) in [6, 6.07) is 19.9. The van der Waals surface area contributed by atoms with Gasteiger partial charge in [0.15, 0.2) is 11.6 Å². The van der Waals surface area contributed by atoms with E-state index in [0.717, 1.165) is 35.5 Å². The van der Waals surface area contributed by atoms with Crippen LogP contribution in [0, 0.1) is 17.2 Å². The lowest BCUT2D eigenvalue weighted by Gasteiger charge is -2.48. The number of anilines is 1. The number of hydrogen-bond donors (Lipinski definition) is 1. The summed E-state index contributed by atoms with van der Waals surface area (Å²) in [4.78, 5) is 11.1. The molecule has 7 nitrogen and oxygen atoms in total. The number of nitrogens with one attached hydrogen (secondary N) is 1. The van der Waals surface area contributed by atoms with E-state index in [-0.39, 0.29) is 23.4 Å². The molecule has 210 valence electrons. The molecule has 1 spiro atoms. The molecule has 2 saturated heterocycles. The van der Waals surface area contributed by atoms with Crippen LogP contribution in [0.4, 0.5) is 10.2 Å². The maximum absolute atomic E-state index is 14.6. The minimum absolute atomic E-state index is 0.0511. The van der Waals surface area contributed by atoms with Gasteiger partial charge in [-0.15, -0.1) is 0 Å². The lowest BCUT2D eigenvalue weighted by Crippen LogP contribution is -2.62. The van der Waals surface area contributed by atoms with E-state index in [1.165, 1.54) is 0 Å². The Bertz CT molecular complexity index is 1490. The van der Waals surface area contributed by atoms with Gasteiger partial charge >= 0.3 is 0 Å². The highest BCUT2D eigenvalue weighted by Gasteiger charge is 2.51. The van der Waals surface area contributed by atoms with E-state index >= 15 is 0 Å². The summed E-state index contributed by atoms with van der Waals surface area (Å²) in [6.45, 7) is 7.00. The molecule has 2 aliphatic heterocycles. The van der Waals surface area contributed by atoms with Crippen molar-refractivity contribution in [2.24, 2.45) is 5.92 Å². The van der Waals surface area contributed by atoms with Crippen molar-refractivity contribution in [3.63, 3.8) is 0 Å². The maximum Gasteiger partial charge on any atom is 0.181 e. The lowest BCUT2D eigenvalue weighted by molar-refractivity contribution is -0.0193. The molecule has 3 aromatic rings. The van der Waals surface area contributed by atoms with Gasteiger partial charge in [-0.05, 0) is 47.8 Å². The fraction of sp³-hybridized carbons (Fsp3) is 0.364. The quantitative estimate of drug-likeness (QED) is 0.390. The highest BCUT2D eigenvalue weighted by molar-refractivity contribution is 5.77. The third-order valence-corrected chi connectivity index (χ3v) is 8.45. The summed E-state index contributed by atoms with van der Waals surface area (Å²) in [5, 5.41) is 12.6. The summed E-state index contributed by atoms with van der Waals surface area (Å²) in [5.41, 5.74) is 2.56. The maximum atomic E-state index is 14.6. The van der Waals surface area contributed by atoms with Crippen LogP contribution in [0.3, 0.4) is 0 Å². The van der Waals surface area contributed by atoms with Crippen molar-refractivity contribution in [2.75, 3.05) is 24.6 Å². The number of hydrogen-bond acceptors (Lipinski definition) is 7. The number of allylic oxidation sites excluding steroid dienone is 2. The summed E-state index contributed by atoms with van der Waals surface area (Å²) in [5.74, 6) is 1.11. The first kappa shape index (κ1) is 27.1. The third-order valence-electron chi connectivity index (χ3n) is 8.45. The van der Waals surface area contributed by atoms with Gasteiger partial charge in [-0.3, -0.25) is 0 Å². The van der Waals surface area contributed by atoms with E-state index in [2.05, 4.69) is 40.1 Å². The number of benzene rings is 2. The Kier molecular flexibility index (Phi) is 7.33. The smallest absolute Gasteiger partial charge is 0.181 e. The predicted octanol–water partition coefficient (Wildman–Crippen LogP) is 5.60. The lowest BCUT2D eigenvalue weighted by atomic mass is 9.74. The van der Waals surface area contributed by atoms with Crippen LogP contribution in [0.25, 0.3) is 5.57 Å². The van der Waals surface area contributed by atoms with Crippen LogP contribution >= 0.6 is 0 Å². The Balaban J connectivity index is 1.15. The first-order chi connectivity index (χ1) is 19.9. The number of nitrogens with zero attached hydrogens (tertiary/aromatic N) is 4. The largest absolute Gasteiger partial charge is 0.476 e. The van der Waals surface area contributed by atoms with Crippen molar-refractivity contribution >= 4 is 11.4 Å². The van der Waals surface area contributed by atoms with Gasteiger partial charge in [-0.2, -0.15) is 5.26 Å². The van der Waals surface area contributed by atoms with Gasteiger partial charge in [0.05, 0.1) is 37.5 Å². The van der Waals surface area contributed by atoms with E-state index in [4.69, 9.17) is 14.7 Å². The Labute approximate surface area is 240 Å². The molecule has 3 aliphatic rings. The van der Waals surface area contributed by atoms with Crippen LogP contribution in [0.15, 0.2) is 85.1 Å². The third kappa shape index (κ3) is 5.35. The van der Waals surface area contributed by atoms with Crippen LogP contribution in [0.1, 0.15) is 43.4 Å². The summed E-state index contributed by atoms with van der Waals surface area (Å²) >= 11 is 0. The highest BCUT2D eigenvalue weighted by atomic mass is 19.1. The van der Waals surface area contributed by atoms with Gasteiger partial charge in [0.1, 0.15) is 23.4 Å². The molecule has 1 aromatic heterocycles. The van der Waals surface area contributed by atoms with Crippen LogP contribution in [0.2, 0.25) is 0 Å². The first-order valence-corrected chi connectivity index (χ1v) is 14.1. The Hall–Kier alpha value is -4.06. The van der Waals surface area contributed by atoms with Crippen LogP contribution in [-0.2, 0) is 11.3 Å². The number of aromatic nitrogens is 2. The Morgan fingerprint density at radius 2 is 1.95 bits per heavy atom. The molecule has 2 atom stereocenters. The fourth-order valence-corrected chi connectivity index (χ4v) is 6.15. The second-order valence-corrected chi connectivity index (χ2v) is 11.5. The molecule has 6 rings (SSSR count). The van der Waals surface area contributed by atoms with Crippen molar-refractivity contribution in [2.45, 2.75) is 50.5 Å². The first-order valence-electron chi connectivity index (χ1n) is 14.1. The van der Waals surface area contributed by atoms with Crippen molar-refractivity contribution < 1.29 is 13.9 Å². The molecule has 2 fully saturated rings. The number of halogens is 1. The van der Waals surface area contributed by atoms with Crippen molar-refractivity contribution in [1.82, 2.24) is 15.3 Å². The number of nitriles is 1. The molecule has 41 heavy (non-hydrogen) atoms. The number of ether oxygens (including phenoxy) is 2. The van der Waals surface area contributed by atoms with Gasteiger partial charge in [0, 0.05) is 24.6 Å². The Morgan fingerprint density at radius 1 is 1.17 bits per heavy atom. The molecular weight excluding hydrogens is 517 g/mol. The molecular formula is C33H34FN5O2. The standard InChI is InChI=1S/C33H34FN5O2/c1-23(2)33(13-12-27(34)14-29(33)26-6-4-3-5-7-26)41-30-18-36-22-38-31(30)39-20-32(21-39)15-28(19-40-32)37-17-25-10-8-24(16-35)9-11-25/h3-12,14,18,22-23,28,37H,13,15,17,19-21H2,1-2H3. The van der Waals surface area contributed by atoms with Gasteiger partial charge in [-0.1, -0.05) is 56.3 Å². The monoisotopic (exact) mass is 551 g/mol. The van der Waals surface area contributed by atoms with E-state index in [0.29, 0.717) is 37.4 Å². The summed E-state index contributed by atoms with van der Waals surface area (Å²) in [6.07, 6.45) is 7.77. The zero-order valence-electron chi connectivity index (χ0n) is 23.4. The highest BCUT2D eigenvalue weighted by Crippen LogP contribution is 2.47. The summed E-state index contributed by atoms with van der Waals surface area (Å²) < 4.78 is 27.8. The minimum Gasteiger partial charge on any atom is -0.476 e. The summed E-state index contributed by atoms with van der Waals surface area (Å²) in [7, 11) is 0. The van der Waals surface area contributed by atoms with Gasteiger partial charge in [-0.25, -0.2) is 14.4 Å². The van der Waals surface area contributed by atoms with Crippen molar-refractivity contribution in [1.29, 1.82) is 5.26 Å².